The highest BCUT2D eigenvalue weighted by Crippen LogP contribution is 2.24. The fraction of sp³-hybridized carbons (Fsp3) is 0.154. The zero-order chi connectivity index (χ0) is 24.6. The number of thioether (sulfide) groups is 1. The number of anilines is 1. The van der Waals surface area contributed by atoms with E-state index in [9.17, 15) is 9.59 Å². The second kappa shape index (κ2) is 11.3. The summed E-state index contributed by atoms with van der Waals surface area (Å²) in [6.45, 7) is 1.70. The van der Waals surface area contributed by atoms with E-state index in [4.69, 9.17) is 9.47 Å². The molecular weight excluding hydrogens is 464 g/mol. The van der Waals surface area contributed by atoms with Crippen LogP contribution in [-0.2, 0) is 11.4 Å². The van der Waals surface area contributed by atoms with Gasteiger partial charge in [-0.1, -0.05) is 30.0 Å². The van der Waals surface area contributed by atoms with Crippen molar-refractivity contribution in [1.29, 1.82) is 0 Å². The fourth-order valence-corrected chi connectivity index (χ4v) is 4.03. The van der Waals surface area contributed by atoms with Gasteiger partial charge in [0.05, 0.1) is 12.9 Å². The molecule has 4 aromatic rings. The van der Waals surface area contributed by atoms with Crippen LogP contribution in [-0.4, -0.2) is 39.3 Å². The maximum atomic E-state index is 12.5. The Labute approximate surface area is 207 Å². The molecule has 1 heterocycles. The topological polar surface area (TPSA) is 95.3 Å². The lowest BCUT2D eigenvalue weighted by Gasteiger charge is -2.11. The molecule has 0 aliphatic rings. The van der Waals surface area contributed by atoms with E-state index in [1.165, 1.54) is 18.7 Å². The van der Waals surface area contributed by atoms with Crippen molar-refractivity contribution in [2.45, 2.75) is 18.7 Å². The van der Waals surface area contributed by atoms with E-state index in [0.29, 0.717) is 28.0 Å². The molecule has 0 saturated carbocycles. The molecule has 8 nitrogen and oxygen atoms in total. The number of rotatable bonds is 10. The van der Waals surface area contributed by atoms with Gasteiger partial charge in [0, 0.05) is 16.9 Å². The van der Waals surface area contributed by atoms with Gasteiger partial charge >= 0.3 is 0 Å². The van der Waals surface area contributed by atoms with Gasteiger partial charge in [0.25, 0.3) is 0 Å². The van der Waals surface area contributed by atoms with E-state index in [2.05, 4.69) is 15.5 Å². The molecule has 0 fully saturated rings. The van der Waals surface area contributed by atoms with E-state index in [0.717, 1.165) is 11.4 Å². The predicted molar refractivity (Wildman–Crippen MR) is 134 cm³/mol. The summed E-state index contributed by atoms with van der Waals surface area (Å²) in [5.74, 6) is 1.96. The standard InChI is InChI=1S/C26H24N4O4S/c1-18(31)19-8-10-20(11-9-19)27-25(32)17-35-26-29-28-24(30(26)21-6-4-3-5-7-21)16-34-23-14-12-22(33-2)13-15-23/h3-15H,16-17H2,1-2H3,(H,27,32). The Morgan fingerprint density at radius 3 is 2.26 bits per heavy atom. The number of hydrogen-bond donors (Lipinski definition) is 1. The quantitative estimate of drug-likeness (QED) is 0.253. The Balaban J connectivity index is 1.45. The molecule has 1 aromatic heterocycles. The van der Waals surface area contributed by atoms with Crippen LogP contribution in [0.1, 0.15) is 23.1 Å². The Morgan fingerprint density at radius 1 is 0.914 bits per heavy atom. The molecule has 1 N–H and O–H groups in total. The number of carbonyl (C=O) groups excluding carboxylic acids is 2. The maximum Gasteiger partial charge on any atom is 0.234 e. The van der Waals surface area contributed by atoms with Crippen molar-refractivity contribution < 1.29 is 19.1 Å². The molecule has 0 radical (unpaired) electrons. The Morgan fingerprint density at radius 2 is 1.60 bits per heavy atom. The molecule has 0 atom stereocenters. The molecule has 0 unspecified atom stereocenters. The Bertz CT molecular complexity index is 1290. The van der Waals surface area contributed by atoms with E-state index in [1.807, 2.05) is 59.2 Å². The number of nitrogens with zero attached hydrogens (tertiary/aromatic N) is 3. The molecule has 0 aliphatic carbocycles. The minimum Gasteiger partial charge on any atom is -0.497 e. The Kier molecular flexibility index (Phi) is 7.79. The normalized spacial score (nSPS) is 10.6. The van der Waals surface area contributed by atoms with Gasteiger partial charge in [0.2, 0.25) is 5.91 Å². The first-order valence-corrected chi connectivity index (χ1v) is 11.8. The summed E-state index contributed by atoms with van der Waals surface area (Å²) >= 11 is 1.28. The third-order valence-corrected chi connectivity index (χ3v) is 5.98. The van der Waals surface area contributed by atoms with Crippen molar-refractivity contribution in [3.8, 4) is 17.2 Å². The molecule has 0 saturated heterocycles. The van der Waals surface area contributed by atoms with Crippen LogP contribution in [0, 0.1) is 0 Å². The average Bonchev–Trinajstić information content (AvgIpc) is 3.30. The number of hydrogen-bond acceptors (Lipinski definition) is 7. The maximum absolute atomic E-state index is 12.5. The molecule has 1 amide bonds. The molecule has 0 aliphatic heterocycles. The highest BCUT2D eigenvalue weighted by atomic mass is 32.2. The lowest BCUT2D eigenvalue weighted by molar-refractivity contribution is -0.113. The summed E-state index contributed by atoms with van der Waals surface area (Å²) < 4.78 is 13.0. The second-order valence-corrected chi connectivity index (χ2v) is 8.45. The highest BCUT2D eigenvalue weighted by molar-refractivity contribution is 7.99. The van der Waals surface area contributed by atoms with Gasteiger partial charge in [0.15, 0.2) is 16.8 Å². The van der Waals surface area contributed by atoms with Crippen LogP contribution >= 0.6 is 11.8 Å². The van der Waals surface area contributed by atoms with Gasteiger partial charge in [-0.3, -0.25) is 14.2 Å². The number of methoxy groups -OCH3 is 1. The summed E-state index contributed by atoms with van der Waals surface area (Å²) in [5.41, 5.74) is 2.09. The van der Waals surface area contributed by atoms with Crippen molar-refractivity contribution in [2.24, 2.45) is 0 Å². The van der Waals surface area contributed by atoms with Crippen LogP contribution in [0.25, 0.3) is 5.69 Å². The van der Waals surface area contributed by atoms with Crippen molar-refractivity contribution in [3.63, 3.8) is 0 Å². The average molecular weight is 489 g/mol. The molecule has 3 aromatic carbocycles. The van der Waals surface area contributed by atoms with Crippen LogP contribution in [0.15, 0.2) is 84.0 Å². The lowest BCUT2D eigenvalue weighted by atomic mass is 10.1. The fourth-order valence-electron chi connectivity index (χ4n) is 3.26. The smallest absolute Gasteiger partial charge is 0.234 e. The number of ketones is 1. The molecule has 35 heavy (non-hydrogen) atoms. The van der Waals surface area contributed by atoms with Gasteiger partial charge in [-0.05, 0) is 67.6 Å². The number of ether oxygens (including phenoxy) is 2. The number of Topliss-reactive ketones (excluding diaryl/α,β-unsaturated/α-hetero) is 1. The predicted octanol–water partition coefficient (Wildman–Crippen LogP) is 4.79. The van der Waals surface area contributed by atoms with E-state index in [1.54, 1.807) is 31.4 Å². The van der Waals surface area contributed by atoms with Gasteiger partial charge in [-0.25, -0.2) is 0 Å². The first-order chi connectivity index (χ1) is 17.0. The van der Waals surface area contributed by atoms with Crippen molar-refractivity contribution in [2.75, 3.05) is 18.2 Å². The lowest BCUT2D eigenvalue weighted by Crippen LogP contribution is -2.15. The molecule has 178 valence electrons. The van der Waals surface area contributed by atoms with Gasteiger partial charge < -0.3 is 14.8 Å². The van der Waals surface area contributed by atoms with Gasteiger partial charge in [-0.2, -0.15) is 0 Å². The monoisotopic (exact) mass is 488 g/mol. The van der Waals surface area contributed by atoms with Gasteiger partial charge in [-0.15, -0.1) is 10.2 Å². The first kappa shape index (κ1) is 24.0. The number of carbonyl (C=O) groups is 2. The molecule has 0 bridgehead atoms. The van der Waals surface area contributed by atoms with Crippen LogP contribution in [0.3, 0.4) is 0 Å². The number of amides is 1. The molecule has 0 spiro atoms. The number of nitrogens with one attached hydrogen (secondary N) is 1. The molecular formula is C26H24N4O4S. The van der Waals surface area contributed by atoms with Crippen LogP contribution in [0.2, 0.25) is 0 Å². The minimum atomic E-state index is -0.191. The van der Waals surface area contributed by atoms with E-state index < -0.39 is 0 Å². The van der Waals surface area contributed by atoms with Gasteiger partial charge in [0.1, 0.15) is 18.1 Å². The third kappa shape index (κ3) is 6.27. The number of aromatic nitrogens is 3. The molecule has 4 rings (SSSR count). The van der Waals surface area contributed by atoms with Crippen molar-refractivity contribution in [3.05, 3.63) is 90.3 Å². The summed E-state index contributed by atoms with van der Waals surface area (Å²) in [4.78, 5) is 24.0. The van der Waals surface area contributed by atoms with Crippen LogP contribution < -0.4 is 14.8 Å². The summed E-state index contributed by atoms with van der Waals surface area (Å²) in [6.07, 6.45) is 0. The summed E-state index contributed by atoms with van der Waals surface area (Å²) in [7, 11) is 1.61. The Hall–Kier alpha value is -4.11. The number of para-hydroxylation sites is 1. The van der Waals surface area contributed by atoms with Crippen molar-refractivity contribution in [1.82, 2.24) is 14.8 Å². The first-order valence-electron chi connectivity index (χ1n) is 10.8. The van der Waals surface area contributed by atoms with E-state index in [-0.39, 0.29) is 24.1 Å². The largest absolute Gasteiger partial charge is 0.497 e. The summed E-state index contributed by atoms with van der Waals surface area (Å²) in [6, 6.07) is 23.8. The molecule has 9 heteroatoms. The third-order valence-electron chi connectivity index (χ3n) is 5.05. The van der Waals surface area contributed by atoms with E-state index >= 15 is 0 Å². The summed E-state index contributed by atoms with van der Waals surface area (Å²) in [5, 5.41) is 12.0. The highest BCUT2D eigenvalue weighted by Gasteiger charge is 2.17. The zero-order valence-corrected chi connectivity index (χ0v) is 20.1. The minimum absolute atomic E-state index is 0.0227. The second-order valence-electron chi connectivity index (χ2n) is 7.50. The van der Waals surface area contributed by atoms with Crippen LogP contribution in [0.5, 0.6) is 11.5 Å². The number of benzene rings is 3. The van der Waals surface area contributed by atoms with Crippen molar-refractivity contribution >= 4 is 29.1 Å². The van der Waals surface area contributed by atoms with Crippen LogP contribution in [0.4, 0.5) is 5.69 Å². The SMILES string of the molecule is COc1ccc(OCc2nnc(SCC(=O)Nc3ccc(C(C)=O)cc3)n2-c2ccccc2)cc1. The zero-order valence-electron chi connectivity index (χ0n) is 19.3.